The van der Waals surface area contributed by atoms with E-state index in [1.165, 1.54) is 13.2 Å². The minimum Gasteiger partial charge on any atom is -0.466 e. The summed E-state index contributed by atoms with van der Waals surface area (Å²) < 4.78 is 5.22. The number of amides is 4. The fourth-order valence-corrected chi connectivity index (χ4v) is 2.55. The molecule has 0 saturated carbocycles. The molecule has 1 aromatic heterocycles. The molecule has 1 atom stereocenters. The largest absolute Gasteiger partial charge is 0.466 e. The quantitative estimate of drug-likeness (QED) is 0.818. The second-order valence-corrected chi connectivity index (χ2v) is 5.69. The monoisotopic (exact) mass is 327 g/mol. The summed E-state index contributed by atoms with van der Waals surface area (Å²) in [7, 11) is 0. The van der Waals surface area contributed by atoms with Crippen LogP contribution in [0.4, 0.5) is 4.79 Å². The van der Waals surface area contributed by atoms with E-state index in [0.717, 1.165) is 5.56 Å². The van der Waals surface area contributed by atoms with Crippen LogP contribution in [0.1, 0.15) is 24.7 Å². The van der Waals surface area contributed by atoms with Crippen molar-refractivity contribution in [3.05, 3.63) is 60.1 Å². The Hall–Kier alpha value is -3.09. The van der Waals surface area contributed by atoms with Crippen LogP contribution in [-0.2, 0) is 21.5 Å². The van der Waals surface area contributed by atoms with Gasteiger partial charge in [0, 0.05) is 6.42 Å². The Morgan fingerprint density at radius 1 is 1.21 bits per heavy atom. The van der Waals surface area contributed by atoms with Crippen molar-refractivity contribution in [1.29, 1.82) is 0 Å². The van der Waals surface area contributed by atoms with E-state index in [1.807, 2.05) is 30.3 Å². The van der Waals surface area contributed by atoms with Gasteiger partial charge in [0.05, 0.1) is 6.26 Å². The molecule has 0 unspecified atom stereocenters. The molecule has 0 aliphatic carbocycles. The third-order valence-electron chi connectivity index (χ3n) is 3.92. The number of imide groups is 1. The lowest BCUT2D eigenvalue weighted by Gasteiger charge is -2.19. The molecular formula is C17H17N3O4. The summed E-state index contributed by atoms with van der Waals surface area (Å²) in [6, 6.07) is 12.0. The number of nitrogens with zero attached hydrogens (tertiary/aromatic N) is 1. The Kier molecular flexibility index (Phi) is 4.07. The van der Waals surface area contributed by atoms with Gasteiger partial charge < -0.3 is 9.73 Å². The van der Waals surface area contributed by atoms with Crippen LogP contribution in [0.2, 0.25) is 0 Å². The van der Waals surface area contributed by atoms with E-state index < -0.39 is 23.4 Å². The zero-order valence-corrected chi connectivity index (χ0v) is 13.1. The normalized spacial score (nSPS) is 20.1. The highest BCUT2D eigenvalue weighted by atomic mass is 16.3. The van der Waals surface area contributed by atoms with Crippen LogP contribution in [-0.4, -0.2) is 22.9 Å². The van der Waals surface area contributed by atoms with Gasteiger partial charge in [-0.15, -0.1) is 0 Å². The highest BCUT2D eigenvalue weighted by Crippen LogP contribution is 2.28. The smallest absolute Gasteiger partial charge is 0.344 e. The van der Waals surface area contributed by atoms with Gasteiger partial charge in [0.1, 0.15) is 5.76 Å². The van der Waals surface area contributed by atoms with E-state index >= 15 is 0 Å². The molecule has 124 valence electrons. The number of hydrogen-bond acceptors (Lipinski definition) is 4. The second-order valence-electron chi connectivity index (χ2n) is 5.69. The van der Waals surface area contributed by atoms with Crippen LogP contribution < -0.4 is 10.7 Å². The molecule has 3 rings (SSSR count). The average Bonchev–Trinajstić information content (AvgIpc) is 3.19. The van der Waals surface area contributed by atoms with E-state index in [4.69, 9.17) is 4.42 Å². The molecule has 7 nitrogen and oxygen atoms in total. The Balaban J connectivity index is 1.64. The Bertz CT molecular complexity index is 757. The first-order valence-corrected chi connectivity index (χ1v) is 7.55. The molecule has 1 aliphatic rings. The van der Waals surface area contributed by atoms with E-state index in [-0.39, 0.29) is 6.42 Å². The molecule has 24 heavy (non-hydrogen) atoms. The van der Waals surface area contributed by atoms with Gasteiger partial charge in [0.2, 0.25) is 5.91 Å². The summed E-state index contributed by atoms with van der Waals surface area (Å²) in [6.45, 7) is 1.53. The third kappa shape index (κ3) is 2.88. The molecule has 7 heteroatoms. The van der Waals surface area contributed by atoms with E-state index in [1.54, 1.807) is 12.1 Å². The maximum atomic E-state index is 12.5. The molecule has 2 heterocycles. The summed E-state index contributed by atoms with van der Waals surface area (Å²) in [5, 5.41) is 3.24. The standard InChI is InChI=1S/C17H17N3O4/c1-17(13-8-5-11-24-13)15(22)20(16(23)18-17)19-14(21)10-9-12-6-3-2-4-7-12/h2-8,11H,9-10H2,1H3,(H,18,23)(H,19,21)/t17-/m0/s1. The van der Waals surface area contributed by atoms with Gasteiger partial charge in [0.25, 0.3) is 5.91 Å². The molecule has 1 aromatic carbocycles. The number of hydrogen-bond donors (Lipinski definition) is 2. The number of carbonyl (C=O) groups is 3. The van der Waals surface area contributed by atoms with Crippen molar-refractivity contribution >= 4 is 17.8 Å². The minimum absolute atomic E-state index is 0.165. The van der Waals surface area contributed by atoms with Gasteiger partial charge in [-0.3, -0.25) is 15.0 Å². The van der Waals surface area contributed by atoms with Gasteiger partial charge in [0.15, 0.2) is 5.54 Å². The third-order valence-corrected chi connectivity index (χ3v) is 3.92. The van der Waals surface area contributed by atoms with E-state index in [0.29, 0.717) is 17.2 Å². The van der Waals surface area contributed by atoms with E-state index in [9.17, 15) is 14.4 Å². The fraction of sp³-hybridized carbons (Fsp3) is 0.235. The topological polar surface area (TPSA) is 91.7 Å². The van der Waals surface area contributed by atoms with Crippen LogP contribution in [0.3, 0.4) is 0 Å². The fourth-order valence-electron chi connectivity index (χ4n) is 2.55. The second kappa shape index (κ2) is 6.19. The highest BCUT2D eigenvalue weighted by molar-refractivity contribution is 6.07. The van der Waals surface area contributed by atoms with Gasteiger partial charge >= 0.3 is 6.03 Å². The molecule has 1 aliphatic heterocycles. The lowest BCUT2D eigenvalue weighted by atomic mass is 10.00. The maximum Gasteiger partial charge on any atom is 0.344 e. The molecule has 0 radical (unpaired) electrons. The Labute approximate surface area is 138 Å². The molecule has 1 saturated heterocycles. The molecule has 2 aromatic rings. The minimum atomic E-state index is -1.33. The molecule has 0 bridgehead atoms. The highest BCUT2D eigenvalue weighted by Gasteiger charge is 2.51. The molecule has 1 fully saturated rings. The number of furan rings is 1. The van der Waals surface area contributed by atoms with Crippen molar-refractivity contribution in [2.75, 3.05) is 0 Å². The summed E-state index contributed by atoms with van der Waals surface area (Å²) in [4.78, 5) is 36.6. The van der Waals surface area contributed by atoms with Crippen LogP contribution in [0, 0.1) is 0 Å². The van der Waals surface area contributed by atoms with Crippen molar-refractivity contribution in [1.82, 2.24) is 15.8 Å². The van der Waals surface area contributed by atoms with Crippen LogP contribution in [0.5, 0.6) is 0 Å². The van der Waals surface area contributed by atoms with Gasteiger partial charge in [-0.2, -0.15) is 5.01 Å². The number of urea groups is 1. The molecule has 2 N–H and O–H groups in total. The van der Waals surface area contributed by atoms with Crippen molar-refractivity contribution in [2.24, 2.45) is 0 Å². The molecule has 0 spiro atoms. The van der Waals surface area contributed by atoms with Gasteiger partial charge in [-0.1, -0.05) is 30.3 Å². The van der Waals surface area contributed by atoms with Crippen molar-refractivity contribution in [2.45, 2.75) is 25.3 Å². The predicted octanol–water partition coefficient (Wildman–Crippen LogP) is 1.71. The number of benzene rings is 1. The number of nitrogens with one attached hydrogen (secondary N) is 2. The Morgan fingerprint density at radius 2 is 1.96 bits per heavy atom. The van der Waals surface area contributed by atoms with Gasteiger partial charge in [-0.25, -0.2) is 4.79 Å². The molecule has 4 amide bonds. The number of rotatable bonds is 5. The summed E-state index contributed by atoms with van der Waals surface area (Å²) in [5.41, 5.74) is 2.04. The lowest BCUT2D eigenvalue weighted by molar-refractivity contribution is -0.139. The first kappa shape index (κ1) is 15.8. The first-order chi connectivity index (χ1) is 11.5. The first-order valence-electron chi connectivity index (χ1n) is 7.55. The van der Waals surface area contributed by atoms with E-state index in [2.05, 4.69) is 10.7 Å². The predicted molar refractivity (Wildman–Crippen MR) is 84.3 cm³/mol. The van der Waals surface area contributed by atoms with Crippen LogP contribution in [0.15, 0.2) is 53.1 Å². The van der Waals surface area contributed by atoms with Crippen molar-refractivity contribution in [3.8, 4) is 0 Å². The summed E-state index contributed by atoms with van der Waals surface area (Å²) in [5.74, 6) is -0.691. The SMILES string of the molecule is C[C@@]1(c2ccco2)NC(=O)N(NC(=O)CCc2ccccc2)C1=O. The van der Waals surface area contributed by atoms with Crippen molar-refractivity contribution in [3.63, 3.8) is 0 Å². The van der Waals surface area contributed by atoms with Crippen LogP contribution in [0.25, 0.3) is 0 Å². The maximum absolute atomic E-state index is 12.5. The van der Waals surface area contributed by atoms with Crippen LogP contribution >= 0.6 is 0 Å². The average molecular weight is 327 g/mol. The number of carbonyl (C=O) groups excluding carboxylic acids is 3. The zero-order valence-electron chi connectivity index (χ0n) is 13.1. The summed E-state index contributed by atoms with van der Waals surface area (Å²) >= 11 is 0. The number of hydrazine groups is 1. The van der Waals surface area contributed by atoms with Crippen molar-refractivity contribution < 1.29 is 18.8 Å². The molecular weight excluding hydrogens is 310 g/mol. The summed E-state index contributed by atoms with van der Waals surface area (Å²) in [6.07, 6.45) is 2.10. The van der Waals surface area contributed by atoms with Gasteiger partial charge in [-0.05, 0) is 31.0 Å². The zero-order chi connectivity index (χ0) is 17.2. The lowest BCUT2D eigenvalue weighted by Crippen LogP contribution is -2.47. The number of aryl methyl sites for hydroxylation is 1. The Morgan fingerprint density at radius 3 is 2.62 bits per heavy atom.